The van der Waals surface area contributed by atoms with E-state index in [-0.39, 0.29) is 6.42 Å². The van der Waals surface area contributed by atoms with Gasteiger partial charge in [0.2, 0.25) is 0 Å². The number of nitrogens with one attached hydrogen (secondary N) is 2. The topological polar surface area (TPSA) is 131 Å². The summed E-state index contributed by atoms with van der Waals surface area (Å²) in [5.41, 5.74) is 3.55. The van der Waals surface area contributed by atoms with Gasteiger partial charge in [-0.25, -0.2) is 4.79 Å². The smallest absolute Gasteiger partial charge is 0.412 e. The lowest BCUT2D eigenvalue weighted by atomic mass is 10.0. The normalized spacial score (nSPS) is 12.3. The number of carbonyl (C=O) groups is 3. The Labute approximate surface area is 225 Å². The van der Waals surface area contributed by atoms with Gasteiger partial charge in [0.05, 0.1) is 6.42 Å². The quantitative estimate of drug-likeness (QED) is 0.238. The van der Waals surface area contributed by atoms with Crippen molar-refractivity contribution in [3.05, 3.63) is 107 Å². The fourth-order valence-corrected chi connectivity index (χ4v) is 4.12. The molecule has 0 fully saturated rings. The first-order chi connectivity index (χ1) is 18.8. The standard InChI is InChI=1S/C30H29N3O6/c1-19-27(32-30(37)38-20(2)22-11-7-4-8-12-22)28(39-33-19)23-13-15-24(16-14-23)29(36)31-25(18-26(34)35)17-21-9-5-3-6-10-21/h3-16,20,25H,17-18H2,1-2H3,(H,31,36)(H,32,37)(H,34,35). The van der Waals surface area contributed by atoms with Crippen LogP contribution in [0.1, 0.15) is 46.6 Å². The molecule has 39 heavy (non-hydrogen) atoms. The van der Waals surface area contributed by atoms with Crippen LogP contribution in [0.5, 0.6) is 0 Å². The van der Waals surface area contributed by atoms with E-state index in [1.54, 1.807) is 38.1 Å². The minimum Gasteiger partial charge on any atom is -0.481 e. The maximum atomic E-state index is 12.9. The van der Waals surface area contributed by atoms with Crippen molar-refractivity contribution in [3.63, 3.8) is 0 Å². The van der Waals surface area contributed by atoms with Crippen molar-refractivity contribution in [2.45, 2.75) is 38.8 Å². The van der Waals surface area contributed by atoms with Crippen LogP contribution in [0.2, 0.25) is 0 Å². The van der Waals surface area contributed by atoms with Crippen LogP contribution in [0.3, 0.4) is 0 Å². The summed E-state index contributed by atoms with van der Waals surface area (Å²) < 4.78 is 11.0. The molecule has 2 amide bonds. The molecule has 3 N–H and O–H groups in total. The van der Waals surface area contributed by atoms with Gasteiger partial charge in [0.1, 0.15) is 17.5 Å². The van der Waals surface area contributed by atoms with E-state index in [1.165, 1.54) is 0 Å². The summed E-state index contributed by atoms with van der Waals surface area (Å²) in [5.74, 6) is -1.07. The van der Waals surface area contributed by atoms with Crippen LogP contribution in [-0.4, -0.2) is 34.3 Å². The highest BCUT2D eigenvalue weighted by atomic mass is 16.6. The van der Waals surface area contributed by atoms with Crippen molar-refractivity contribution in [3.8, 4) is 11.3 Å². The summed E-state index contributed by atoms with van der Waals surface area (Å²) >= 11 is 0. The monoisotopic (exact) mass is 527 g/mol. The summed E-state index contributed by atoms with van der Waals surface area (Å²) in [5, 5.41) is 18.8. The van der Waals surface area contributed by atoms with Crippen LogP contribution < -0.4 is 10.6 Å². The molecule has 200 valence electrons. The van der Waals surface area contributed by atoms with Crippen LogP contribution in [0.4, 0.5) is 10.5 Å². The van der Waals surface area contributed by atoms with Crippen LogP contribution in [-0.2, 0) is 16.0 Å². The number of rotatable bonds is 10. The lowest BCUT2D eigenvalue weighted by Crippen LogP contribution is -2.38. The Bertz CT molecular complexity index is 1420. The number of amides is 2. The van der Waals surface area contributed by atoms with Gasteiger partial charge in [-0.2, -0.15) is 0 Å². The average molecular weight is 528 g/mol. The van der Waals surface area contributed by atoms with Gasteiger partial charge in [-0.15, -0.1) is 0 Å². The molecule has 0 aliphatic carbocycles. The summed E-state index contributed by atoms with van der Waals surface area (Å²) in [4.78, 5) is 36.8. The van der Waals surface area contributed by atoms with Gasteiger partial charge >= 0.3 is 12.1 Å². The van der Waals surface area contributed by atoms with Crippen LogP contribution in [0, 0.1) is 6.92 Å². The number of nitrogens with zero attached hydrogens (tertiary/aromatic N) is 1. The van der Waals surface area contributed by atoms with E-state index in [1.807, 2.05) is 60.7 Å². The van der Waals surface area contributed by atoms with E-state index >= 15 is 0 Å². The van der Waals surface area contributed by atoms with E-state index in [9.17, 15) is 19.5 Å². The molecule has 9 heteroatoms. The zero-order valence-corrected chi connectivity index (χ0v) is 21.6. The van der Waals surface area contributed by atoms with Gasteiger partial charge in [-0.1, -0.05) is 78.0 Å². The number of hydrogen-bond donors (Lipinski definition) is 3. The highest BCUT2D eigenvalue weighted by molar-refractivity contribution is 5.96. The minimum absolute atomic E-state index is 0.204. The third kappa shape index (κ3) is 7.32. The van der Waals surface area contributed by atoms with Gasteiger partial charge in [-0.3, -0.25) is 14.9 Å². The molecule has 0 saturated heterocycles. The molecule has 2 atom stereocenters. The molecule has 1 heterocycles. The van der Waals surface area contributed by atoms with Crippen molar-refractivity contribution in [1.29, 1.82) is 0 Å². The second-order valence-electron chi connectivity index (χ2n) is 9.09. The molecule has 0 aliphatic heterocycles. The Morgan fingerprint density at radius 2 is 1.59 bits per heavy atom. The maximum absolute atomic E-state index is 12.9. The van der Waals surface area contributed by atoms with Crippen LogP contribution in [0.15, 0.2) is 89.5 Å². The number of carboxylic acids is 1. The van der Waals surface area contributed by atoms with E-state index in [0.29, 0.717) is 34.7 Å². The van der Waals surface area contributed by atoms with E-state index < -0.39 is 30.1 Å². The number of anilines is 1. The predicted molar refractivity (Wildman–Crippen MR) is 145 cm³/mol. The third-order valence-electron chi connectivity index (χ3n) is 6.13. The minimum atomic E-state index is -0.996. The van der Waals surface area contributed by atoms with Gasteiger partial charge in [0.15, 0.2) is 5.76 Å². The van der Waals surface area contributed by atoms with Crippen LogP contribution >= 0.6 is 0 Å². The predicted octanol–water partition coefficient (Wildman–Crippen LogP) is 5.78. The molecule has 0 spiro atoms. The van der Waals surface area contributed by atoms with Crippen molar-refractivity contribution >= 4 is 23.7 Å². The molecule has 0 aliphatic rings. The first-order valence-corrected chi connectivity index (χ1v) is 12.5. The number of carbonyl (C=O) groups excluding carboxylic acids is 2. The molecular weight excluding hydrogens is 498 g/mol. The second-order valence-corrected chi connectivity index (χ2v) is 9.09. The Balaban J connectivity index is 1.43. The average Bonchev–Trinajstić information content (AvgIpc) is 3.28. The summed E-state index contributed by atoms with van der Waals surface area (Å²) in [6.07, 6.45) is -0.927. The summed E-state index contributed by atoms with van der Waals surface area (Å²) in [7, 11) is 0. The second kappa shape index (κ2) is 12.6. The summed E-state index contributed by atoms with van der Waals surface area (Å²) in [6, 6.07) is 24.7. The number of carboxylic acid groups (broad SMARTS) is 1. The van der Waals surface area contributed by atoms with E-state index in [4.69, 9.17) is 9.26 Å². The number of aromatic nitrogens is 1. The third-order valence-corrected chi connectivity index (χ3v) is 6.13. The number of ether oxygens (including phenoxy) is 1. The van der Waals surface area contributed by atoms with Crippen molar-refractivity contribution < 1.29 is 28.8 Å². The van der Waals surface area contributed by atoms with Crippen molar-refractivity contribution in [2.75, 3.05) is 5.32 Å². The first kappa shape index (κ1) is 27.1. The lowest BCUT2D eigenvalue weighted by Gasteiger charge is -2.17. The molecule has 0 radical (unpaired) electrons. The SMILES string of the molecule is Cc1noc(-c2ccc(C(=O)NC(CC(=O)O)Cc3ccccc3)cc2)c1NC(=O)OC(C)c1ccccc1. The number of hydrogen-bond acceptors (Lipinski definition) is 6. The van der Waals surface area contributed by atoms with Crippen LogP contribution in [0.25, 0.3) is 11.3 Å². The zero-order valence-electron chi connectivity index (χ0n) is 21.6. The van der Waals surface area contributed by atoms with Gasteiger partial charge in [-0.05, 0) is 43.5 Å². The molecule has 4 rings (SSSR count). The van der Waals surface area contributed by atoms with E-state index in [0.717, 1.165) is 11.1 Å². The summed E-state index contributed by atoms with van der Waals surface area (Å²) in [6.45, 7) is 3.47. The fourth-order valence-electron chi connectivity index (χ4n) is 4.12. The molecule has 9 nitrogen and oxygen atoms in total. The lowest BCUT2D eigenvalue weighted by molar-refractivity contribution is -0.137. The largest absolute Gasteiger partial charge is 0.481 e. The molecule has 0 bridgehead atoms. The molecular formula is C30H29N3O6. The molecule has 3 aromatic carbocycles. The molecule has 4 aromatic rings. The maximum Gasteiger partial charge on any atom is 0.412 e. The van der Waals surface area contributed by atoms with Gasteiger partial charge in [0, 0.05) is 17.2 Å². The highest BCUT2D eigenvalue weighted by Crippen LogP contribution is 2.31. The molecule has 1 aromatic heterocycles. The van der Waals surface area contributed by atoms with Crippen molar-refractivity contribution in [1.82, 2.24) is 10.5 Å². The number of benzene rings is 3. The Kier molecular flexibility index (Phi) is 8.73. The zero-order chi connectivity index (χ0) is 27.8. The molecule has 2 unspecified atom stereocenters. The fraction of sp³-hybridized carbons (Fsp3) is 0.200. The molecule has 0 saturated carbocycles. The Morgan fingerprint density at radius 3 is 2.23 bits per heavy atom. The Hall–Kier alpha value is -4.92. The highest BCUT2D eigenvalue weighted by Gasteiger charge is 2.21. The van der Waals surface area contributed by atoms with Gasteiger partial charge in [0.25, 0.3) is 5.91 Å². The van der Waals surface area contributed by atoms with Gasteiger partial charge < -0.3 is 19.7 Å². The number of aryl methyl sites for hydroxylation is 1. The van der Waals surface area contributed by atoms with Crippen molar-refractivity contribution in [2.24, 2.45) is 0 Å². The van der Waals surface area contributed by atoms with E-state index in [2.05, 4.69) is 15.8 Å². The first-order valence-electron chi connectivity index (χ1n) is 12.5. The Morgan fingerprint density at radius 1 is 0.949 bits per heavy atom. The number of aliphatic carboxylic acids is 1.